The normalized spacial score (nSPS) is 13.6. The van der Waals surface area contributed by atoms with Gasteiger partial charge in [-0.2, -0.15) is 65.9 Å². The summed E-state index contributed by atoms with van der Waals surface area (Å²) in [6, 6.07) is 11.4. The molecule has 0 fully saturated rings. The molecule has 130 heavy (non-hydrogen) atoms. The molecule has 29 nitrogen and oxygen atoms in total. The Hall–Kier alpha value is 5.36. The molecule has 0 bridgehead atoms. The van der Waals surface area contributed by atoms with Gasteiger partial charge in [0.25, 0.3) is 0 Å². The molecule has 0 aromatic heterocycles. The lowest BCUT2D eigenvalue weighted by Gasteiger charge is -2.25. The van der Waals surface area contributed by atoms with E-state index >= 15 is 0 Å². The maximum atomic E-state index is 13.8. The fraction of sp³-hybridized carbons (Fsp3) is 0.383. The minimum absolute atomic E-state index is 0.0396. The van der Waals surface area contributed by atoms with Crippen LogP contribution >= 0.6 is 429 Å². The molecule has 0 amide bonds. The zero-order valence-corrected chi connectivity index (χ0v) is 108. The summed E-state index contributed by atoms with van der Waals surface area (Å²) in [4.78, 5) is 11.8. The maximum absolute atomic E-state index is 13.8. The summed E-state index contributed by atoms with van der Waals surface area (Å²) >= 11 is 35.3. The predicted octanol–water partition coefficient (Wildman–Crippen LogP) is 21.2. The Morgan fingerprint density at radius 1 is 0.323 bits per heavy atom. The van der Waals surface area contributed by atoms with E-state index < -0.39 is 174 Å². The van der Waals surface area contributed by atoms with Gasteiger partial charge < -0.3 is 74.7 Å². The van der Waals surface area contributed by atoms with Crippen LogP contribution < -0.4 is 37.9 Å². The van der Waals surface area contributed by atoms with Crippen LogP contribution in [0.4, 0.5) is 75.0 Å². The van der Waals surface area contributed by atoms with Crippen molar-refractivity contribution in [3.8, 4) is 46.0 Å². The van der Waals surface area contributed by atoms with Gasteiger partial charge in [-0.3, -0.25) is 0 Å². The molecule has 6 aromatic rings. The third kappa shape index (κ3) is 51.8. The second kappa shape index (κ2) is 56.7. The van der Waals surface area contributed by atoms with E-state index in [0.717, 1.165) is 30.0 Å². The highest BCUT2D eigenvalue weighted by Gasteiger charge is 2.48. The molecule has 0 N–H and O–H groups in total. The second-order valence-electron chi connectivity index (χ2n) is 24.2. The van der Waals surface area contributed by atoms with Gasteiger partial charge >= 0.3 is 37.0 Å². The molecule has 6 rings (SSSR count). The molecule has 0 heterocycles. The first-order valence-corrected chi connectivity index (χ1v) is 61.3. The molecule has 0 aliphatic heterocycles. The van der Waals surface area contributed by atoms with Crippen LogP contribution in [-0.4, -0.2) is 206 Å². The number of methoxy groups -OCH3 is 1. The van der Waals surface area contributed by atoms with Gasteiger partial charge in [-0.05, 0) is 499 Å². The van der Waals surface area contributed by atoms with Crippen LogP contribution in [0.3, 0.4) is 0 Å². The average Bonchev–Trinajstić information content (AvgIpc) is 0.784. The molecule has 5 unspecified atom stereocenters. The molecular formula is C60H41F16I19O29S6-6. The lowest BCUT2D eigenvalue weighted by atomic mass is 10.2. The standard InChI is InChI=1S/C14H15F3I2O7S.C11H11F3I2O6S.C9H4F4I4O4S.C9H4F3I5O4S.C9H6F3I3O4S.C8H7I3O4S/c1-13(2,3)26-12(20)25-11-8(18)4-7(5-9(11)19)24-10(14(15,16)17)6-27(21,22)23;1-20-5-21-10-7(15)2-6(3-8(10)16)22-9(11(12,13)14)4-23(17,18)19;10-3-4(14)6(16)8(7(17)5(3)15)21-2(9(11,12)13)1-22(18,19)20;10-9(11,12)2(1-22(18,19)20)21-8-6(16)4(14)3(13)5(15)7(8)17;10-9(11,12)8(3-20(16,17)18)19-7-2-5(14)4(13)1-6(7)15;9-5-3-7(11)8(4-6(5)10)15-1-2-16(12,13)14/h4-5,10H,6H2,1-3H3,(H,21,22,23);2-3,9H,4-5H2,1H3,(H,17,18,19);2*2H,1H2,(H,18,19,20);1-2,8H,3H2,(H,16,17,18);3-4H,1-2H2,(H,12,13,14)/p-6. The van der Waals surface area contributed by atoms with E-state index in [1.807, 2.05) is 193 Å². The van der Waals surface area contributed by atoms with Gasteiger partial charge in [0.15, 0.2) is 18.4 Å². The molecule has 6 aromatic carbocycles. The Morgan fingerprint density at radius 2 is 0.585 bits per heavy atom. The van der Waals surface area contributed by atoms with Crippen LogP contribution in [0.1, 0.15) is 20.8 Å². The number of carbonyl (C=O) groups is 1. The van der Waals surface area contributed by atoms with Gasteiger partial charge in [0.1, 0.15) is 52.5 Å². The summed E-state index contributed by atoms with van der Waals surface area (Å²) in [7, 11) is -28.4. The van der Waals surface area contributed by atoms with Crippen molar-refractivity contribution < 1.29 is 200 Å². The van der Waals surface area contributed by atoms with Crippen molar-refractivity contribution in [1.82, 2.24) is 0 Å². The Morgan fingerprint density at radius 3 is 0.869 bits per heavy atom. The van der Waals surface area contributed by atoms with Gasteiger partial charge in [-0.25, -0.2) is 59.7 Å². The molecule has 0 radical (unpaired) electrons. The first-order chi connectivity index (χ1) is 58.1. The molecule has 5 atom stereocenters. The van der Waals surface area contributed by atoms with E-state index in [0.29, 0.717) is 40.1 Å². The van der Waals surface area contributed by atoms with Crippen molar-refractivity contribution in [2.24, 2.45) is 0 Å². The van der Waals surface area contributed by atoms with Crippen molar-refractivity contribution in [3.05, 3.63) is 122 Å². The molecule has 742 valence electrons. The Bertz CT molecular complexity index is 5480. The van der Waals surface area contributed by atoms with E-state index in [-0.39, 0.29) is 69.3 Å². The van der Waals surface area contributed by atoms with Gasteiger partial charge in [0, 0.05) is 32.1 Å². The molecule has 0 spiro atoms. The monoisotopic (exact) mass is 4130 g/mol. The smallest absolute Gasteiger partial charge is 0.514 e. The number of ether oxygens (including phenoxy) is 10. The van der Waals surface area contributed by atoms with Crippen LogP contribution in [0, 0.1) is 73.7 Å². The number of carbonyl (C=O) groups excluding carboxylic acids is 1. The predicted molar refractivity (Wildman–Crippen MR) is 585 cm³/mol. The largest absolute Gasteiger partial charge is 0.748 e. The van der Waals surface area contributed by atoms with Crippen LogP contribution in [0.25, 0.3) is 0 Å². The van der Waals surface area contributed by atoms with Gasteiger partial charge in [0.05, 0.1) is 138 Å². The number of hydrogen-bond acceptors (Lipinski definition) is 29. The Balaban J connectivity index is 0.000000784. The topological polar surface area (TPSA) is 453 Å². The molecule has 0 saturated carbocycles. The summed E-state index contributed by atoms with van der Waals surface area (Å²) in [5, 5.41) is 0. The van der Waals surface area contributed by atoms with E-state index in [9.17, 15) is 153 Å². The van der Waals surface area contributed by atoms with Crippen molar-refractivity contribution in [3.63, 3.8) is 0 Å². The quantitative estimate of drug-likeness (QED) is 0.00643. The summed E-state index contributed by atoms with van der Waals surface area (Å²) in [6.45, 7) is 4.72. The fourth-order valence-corrected chi connectivity index (χ4v) is 27.3. The summed E-state index contributed by atoms with van der Waals surface area (Å²) in [5.41, 5.74) is -0.805. The number of alkyl halides is 15. The van der Waals surface area contributed by atoms with Crippen LogP contribution in [-0.2, 0) is 70.2 Å². The second-order valence-corrected chi connectivity index (χ2v) is 54.3. The van der Waals surface area contributed by atoms with Crippen LogP contribution in [0.5, 0.6) is 46.0 Å². The highest BCUT2D eigenvalue weighted by atomic mass is 127. The number of benzene rings is 6. The highest BCUT2D eigenvalue weighted by molar-refractivity contribution is 14.1. The SMILES string of the molecule is CC(C)(C)OC(=O)Oc1c(I)cc(OC(CS(=O)(=O)[O-])C(F)(F)F)cc1I.COCOc1c(I)cc(OC(CS(=O)(=O)[O-])C(F)(F)F)cc1I.O=S(=O)([O-])CC(Oc1c(I)c(I)c(F)c(I)c1I)C(F)(F)F.O=S(=O)([O-])CC(Oc1c(I)c(I)c(I)c(I)c1I)C(F)(F)F.O=S(=O)([O-])CC(Oc1cc(I)c(I)cc1I)C(F)(F)F.O=S(=O)([O-])CCOc1cc(I)c(I)cc1I. The molecule has 0 aliphatic rings. The van der Waals surface area contributed by atoms with Crippen LogP contribution in [0.2, 0.25) is 0 Å². The third-order valence-electron chi connectivity index (χ3n) is 12.7. The molecule has 0 saturated heterocycles. The minimum atomic E-state index is -5.17. The van der Waals surface area contributed by atoms with Crippen molar-refractivity contribution in [1.29, 1.82) is 0 Å². The van der Waals surface area contributed by atoms with Gasteiger partial charge in [0.2, 0.25) is 30.5 Å². The lowest BCUT2D eigenvalue weighted by molar-refractivity contribution is -0.189. The Labute approximate surface area is 988 Å². The summed E-state index contributed by atoms with van der Waals surface area (Å²) < 4.78 is 456. The van der Waals surface area contributed by atoms with E-state index in [2.05, 4.69) is 99.8 Å². The van der Waals surface area contributed by atoms with E-state index in [1.54, 1.807) is 185 Å². The fourth-order valence-electron chi connectivity index (χ4n) is 7.43. The van der Waals surface area contributed by atoms with Crippen molar-refractivity contribution in [2.45, 2.75) is 87.8 Å². The zero-order valence-electron chi connectivity index (χ0n) is 62.2. The summed E-state index contributed by atoms with van der Waals surface area (Å²) in [5.74, 6) is -9.68. The minimum Gasteiger partial charge on any atom is -0.748 e. The van der Waals surface area contributed by atoms with Gasteiger partial charge in [-0.1, -0.05) is 0 Å². The maximum Gasteiger partial charge on any atom is 0.514 e. The van der Waals surface area contributed by atoms with E-state index in [4.69, 9.17) is 37.9 Å². The number of rotatable bonds is 28. The number of halogens is 35. The van der Waals surface area contributed by atoms with Crippen LogP contribution in [0.15, 0.2) is 48.5 Å². The highest BCUT2D eigenvalue weighted by Crippen LogP contribution is 2.44. The molecule has 0 aliphatic carbocycles. The third-order valence-corrected chi connectivity index (χ3v) is 43.0. The average molecular weight is 4130 g/mol. The first-order valence-electron chi connectivity index (χ1n) is 31.4. The lowest BCUT2D eigenvalue weighted by Crippen LogP contribution is -2.40. The summed E-state index contributed by atoms with van der Waals surface area (Å²) in [6.07, 6.45) is -39.8. The van der Waals surface area contributed by atoms with E-state index in [1.165, 1.54) is 25.3 Å². The number of hydrogen-bond donors (Lipinski definition) is 0. The van der Waals surface area contributed by atoms with Crippen molar-refractivity contribution >= 4 is 496 Å². The van der Waals surface area contributed by atoms with Crippen molar-refractivity contribution in [2.75, 3.05) is 55.0 Å². The molecule has 70 heteroatoms. The molecular weight excluding hydrogens is 4090 g/mol. The zero-order chi connectivity index (χ0) is 102. The first kappa shape index (κ1) is 133. The van der Waals surface area contributed by atoms with Gasteiger partial charge in [-0.15, -0.1) is 0 Å². The Kier molecular flexibility index (Phi) is 58.1.